The summed E-state index contributed by atoms with van der Waals surface area (Å²) in [5, 5.41) is 0. The average Bonchev–Trinajstić information content (AvgIpc) is 2.43. The highest BCUT2D eigenvalue weighted by atomic mass is 127. The minimum absolute atomic E-state index is 0.0477. The first-order valence-electron chi connectivity index (χ1n) is 7.92. The lowest BCUT2D eigenvalue weighted by Crippen LogP contribution is -2.42. The van der Waals surface area contributed by atoms with E-state index in [4.69, 9.17) is 4.74 Å². The number of hydrogen-bond donors (Lipinski definition) is 0. The second-order valence-corrected chi connectivity index (χ2v) is 8.13. The molecule has 24 heavy (non-hydrogen) atoms. The van der Waals surface area contributed by atoms with Crippen molar-refractivity contribution in [2.75, 3.05) is 33.7 Å². The minimum Gasteiger partial charge on any atom is -0.459 e. The van der Waals surface area contributed by atoms with Crippen molar-refractivity contribution in [1.29, 1.82) is 0 Å². The number of ether oxygens (including phenoxy) is 1. The van der Waals surface area contributed by atoms with Gasteiger partial charge in [0.15, 0.2) is 0 Å². The first-order chi connectivity index (χ1) is 11.0. The van der Waals surface area contributed by atoms with E-state index in [1.165, 1.54) is 0 Å². The number of halogens is 1. The first kappa shape index (κ1) is 20.9. The standard InChI is InChI=1S/C18H27IN2O3/c1-13-8-7-9-14(16(13)19)17(23)21(11-10-20(5)6)12-15(22)24-18(2,3)4/h7-9H,10-12H2,1-6H3. The second-order valence-electron chi connectivity index (χ2n) is 7.05. The summed E-state index contributed by atoms with van der Waals surface area (Å²) in [5.41, 5.74) is 1.11. The van der Waals surface area contributed by atoms with Crippen molar-refractivity contribution in [2.24, 2.45) is 0 Å². The number of benzene rings is 1. The van der Waals surface area contributed by atoms with Crippen LogP contribution in [0.25, 0.3) is 0 Å². The number of carbonyl (C=O) groups is 2. The molecule has 0 aliphatic carbocycles. The molecule has 134 valence electrons. The highest BCUT2D eigenvalue weighted by molar-refractivity contribution is 14.1. The Morgan fingerprint density at radius 3 is 2.33 bits per heavy atom. The van der Waals surface area contributed by atoms with E-state index in [0.717, 1.165) is 9.13 Å². The Bertz CT molecular complexity index is 594. The lowest BCUT2D eigenvalue weighted by Gasteiger charge is -2.26. The van der Waals surface area contributed by atoms with Gasteiger partial charge in [-0.25, -0.2) is 0 Å². The molecule has 1 amide bonds. The zero-order chi connectivity index (χ0) is 18.5. The fraction of sp³-hybridized carbons (Fsp3) is 0.556. The maximum Gasteiger partial charge on any atom is 0.326 e. The number of aryl methyl sites for hydroxylation is 1. The molecule has 0 saturated heterocycles. The van der Waals surface area contributed by atoms with Crippen molar-refractivity contribution in [3.8, 4) is 0 Å². The van der Waals surface area contributed by atoms with Gasteiger partial charge in [-0.2, -0.15) is 0 Å². The van der Waals surface area contributed by atoms with E-state index in [-0.39, 0.29) is 12.5 Å². The molecule has 0 fully saturated rings. The maximum atomic E-state index is 12.9. The van der Waals surface area contributed by atoms with Crippen LogP contribution in [0.5, 0.6) is 0 Å². The Labute approximate surface area is 158 Å². The van der Waals surface area contributed by atoms with Crippen LogP contribution in [-0.4, -0.2) is 61.0 Å². The van der Waals surface area contributed by atoms with Gasteiger partial charge in [0.25, 0.3) is 5.91 Å². The monoisotopic (exact) mass is 446 g/mol. The SMILES string of the molecule is Cc1cccc(C(=O)N(CCN(C)C)CC(=O)OC(C)(C)C)c1I. The van der Waals surface area contributed by atoms with E-state index in [1.54, 1.807) is 11.0 Å². The van der Waals surface area contributed by atoms with Gasteiger partial charge >= 0.3 is 5.97 Å². The van der Waals surface area contributed by atoms with Crippen molar-refractivity contribution in [3.05, 3.63) is 32.9 Å². The van der Waals surface area contributed by atoms with Gasteiger partial charge in [-0.1, -0.05) is 12.1 Å². The van der Waals surface area contributed by atoms with Crippen molar-refractivity contribution in [2.45, 2.75) is 33.3 Å². The highest BCUT2D eigenvalue weighted by Crippen LogP contribution is 2.19. The normalized spacial score (nSPS) is 11.5. The van der Waals surface area contributed by atoms with Crippen LogP contribution in [-0.2, 0) is 9.53 Å². The third kappa shape index (κ3) is 6.76. The molecule has 5 nitrogen and oxygen atoms in total. The third-order valence-corrected chi connectivity index (χ3v) is 4.70. The molecule has 0 saturated carbocycles. The van der Waals surface area contributed by atoms with Crippen molar-refractivity contribution < 1.29 is 14.3 Å². The molecule has 0 aliphatic rings. The highest BCUT2D eigenvalue weighted by Gasteiger charge is 2.24. The van der Waals surface area contributed by atoms with Gasteiger partial charge in [0.05, 0.1) is 5.56 Å². The summed E-state index contributed by atoms with van der Waals surface area (Å²) in [5.74, 6) is -0.534. The van der Waals surface area contributed by atoms with Gasteiger partial charge in [-0.05, 0) is 76.0 Å². The van der Waals surface area contributed by atoms with Gasteiger partial charge in [-0.3, -0.25) is 9.59 Å². The molecule has 0 spiro atoms. The lowest BCUT2D eigenvalue weighted by atomic mass is 10.1. The zero-order valence-electron chi connectivity index (χ0n) is 15.4. The Morgan fingerprint density at radius 1 is 1.17 bits per heavy atom. The quantitative estimate of drug-likeness (QED) is 0.498. The lowest BCUT2D eigenvalue weighted by molar-refractivity contribution is -0.155. The molecule has 0 unspecified atom stereocenters. The molecule has 0 radical (unpaired) electrons. The van der Waals surface area contributed by atoms with Crippen LogP contribution in [0.4, 0.5) is 0 Å². The number of hydrogen-bond acceptors (Lipinski definition) is 4. The van der Waals surface area contributed by atoms with E-state index < -0.39 is 11.6 Å². The van der Waals surface area contributed by atoms with Crippen LogP contribution in [0.3, 0.4) is 0 Å². The Morgan fingerprint density at radius 2 is 1.79 bits per heavy atom. The molecule has 0 bridgehead atoms. The van der Waals surface area contributed by atoms with E-state index in [9.17, 15) is 9.59 Å². The Balaban J connectivity index is 2.98. The topological polar surface area (TPSA) is 49.9 Å². The van der Waals surface area contributed by atoms with Crippen LogP contribution in [0.2, 0.25) is 0 Å². The molecule has 1 aromatic rings. The number of nitrogens with zero attached hydrogens (tertiary/aromatic N) is 2. The van der Waals surface area contributed by atoms with Crippen molar-refractivity contribution >= 4 is 34.5 Å². The molecular weight excluding hydrogens is 419 g/mol. The average molecular weight is 446 g/mol. The van der Waals surface area contributed by atoms with Crippen LogP contribution in [0, 0.1) is 10.5 Å². The summed E-state index contributed by atoms with van der Waals surface area (Å²) in [7, 11) is 3.87. The van der Waals surface area contributed by atoms with E-state index in [2.05, 4.69) is 22.6 Å². The maximum absolute atomic E-state index is 12.9. The van der Waals surface area contributed by atoms with Crippen molar-refractivity contribution in [1.82, 2.24) is 9.80 Å². The summed E-state index contributed by atoms with van der Waals surface area (Å²) in [6, 6.07) is 5.63. The summed E-state index contributed by atoms with van der Waals surface area (Å²) in [4.78, 5) is 28.6. The summed E-state index contributed by atoms with van der Waals surface area (Å²) in [6.07, 6.45) is 0. The predicted octanol–water partition coefficient (Wildman–Crippen LogP) is 2.95. The Hall–Kier alpha value is -1.15. The molecule has 1 aromatic carbocycles. The predicted molar refractivity (Wildman–Crippen MR) is 104 cm³/mol. The minimum atomic E-state index is -0.564. The Kier molecular flexibility index (Phi) is 7.66. The molecule has 0 heterocycles. The van der Waals surface area contributed by atoms with Crippen LogP contribution in [0.1, 0.15) is 36.7 Å². The third-order valence-electron chi connectivity index (χ3n) is 3.27. The smallest absolute Gasteiger partial charge is 0.326 e. The fourth-order valence-corrected chi connectivity index (χ4v) is 2.68. The summed E-state index contributed by atoms with van der Waals surface area (Å²) < 4.78 is 6.28. The molecule has 6 heteroatoms. The van der Waals surface area contributed by atoms with Gasteiger partial charge < -0.3 is 14.5 Å². The van der Waals surface area contributed by atoms with Gasteiger partial charge in [0.2, 0.25) is 0 Å². The number of esters is 1. The molecular formula is C18H27IN2O3. The van der Waals surface area contributed by atoms with E-state index in [1.807, 2.05) is 58.8 Å². The fourth-order valence-electron chi connectivity index (χ4n) is 2.09. The van der Waals surface area contributed by atoms with Crippen LogP contribution in [0.15, 0.2) is 18.2 Å². The van der Waals surface area contributed by atoms with E-state index in [0.29, 0.717) is 18.7 Å². The van der Waals surface area contributed by atoms with Crippen molar-refractivity contribution in [3.63, 3.8) is 0 Å². The summed E-state index contributed by atoms with van der Waals surface area (Å²) >= 11 is 2.18. The van der Waals surface area contributed by atoms with Gasteiger partial charge in [0, 0.05) is 16.7 Å². The number of carbonyl (C=O) groups excluding carboxylic acids is 2. The number of rotatable bonds is 6. The largest absolute Gasteiger partial charge is 0.459 e. The number of likely N-dealkylation sites (N-methyl/N-ethyl adjacent to an activating group) is 1. The van der Waals surface area contributed by atoms with Crippen LogP contribution >= 0.6 is 22.6 Å². The zero-order valence-corrected chi connectivity index (χ0v) is 17.5. The summed E-state index contributed by atoms with van der Waals surface area (Å²) in [6.45, 7) is 8.53. The molecule has 0 aromatic heterocycles. The molecule has 0 atom stereocenters. The molecule has 1 rings (SSSR count). The molecule has 0 aliphatic heterocycles. The van der Waals surface area contributed by atoms with Gasteiger partial charge in [-0.15, -0.1) is 0 Å². The van der Waals surface area contributed by atoms with E-state index >= 15 is 0 Å². The van der Waals surface area contributed by atoms with Gasteiger partial charge in [0.1, 0.15) is 12.1 Å². The molecule has 0 N–H and O–H groups in total. The second kappa shape index (κ2) is 8.80. The van der Waals surface area contributed by atoms with Crippen LogP contribution < -0.4 is 0 Å². The first-order valence-corrected chi connectivity index (χ1v) is 9.00. The number of amides is 1.